The van der Waals surface area contributed by atoms with Crippen LogP contribution in [0.4, 0.5) is 28.9 Å². The Hall–Kier alpha value is -3.25. The fraction of sp³-hybridized carbons (Fsp3) is 0.273. The second kappa shape index (κ2) is 8.84. The average Bonchev–Trinajstić information content (AvgIpc) is 2.94. The third-order valence-electron chi connectivity index (χ3n) is 5.58. The maximum atomic E-state index is 14.0. The van der Waals surface area contributed by atoms with E-state index in [0.29, 0.717) is 5.69 Å². The monoisotopic (exact) mass is 496 g/mol. The predicted molar refractivity (Wildman–Crippen MR) is 118 cm³/mol. The summed E-state index contributed by atoms with van der Waals surface area (Å²) in [6.07, 6.45) is 0.625. The van der Waals surface area contributed by atoms with Crippen LogP contribution < -0.4 is 15.4 Å². The number of nitrogens with zero attached hydrogens (tertiary/aromatic N) is 2. The predicted octanol–water partition coefficient (Wildman–Crippen LogP) is 4.04. The summed E-state index contributed by atoms with van der Waals surface area (Å²) in [6, 6.07) is 7.08. The molecule has 7 nitrogen and oxygen atoms in total. The van der Waals surface area contributed by atoms with E-state index in [1.807, 2.05) is 0 Å². The van der Waals surface area contributed by atoms with Crippen molar-refractivity contribution in [3.05, 3.63) is 59.8 Å². The first-order chi connectivity index (χ1) is 15.9. The lowest BCUT2D eigenvalue weighted by atomic mass is 10.0. The zero-order valence-electron chi connectivity index (χ0n) is 17.7. The number of fused-ring (bicyclic) bond motifs is 1. The van der Waals surface area contributed by atoms with E-state index in [1.54, 1.807) is 4.90 Å². The van der Waals surface area contributed by atoms with Crippen LogP contribution in [0.2, 0.25) is 0 Å². The van der Waals surface area contributed by atoms with E-state index in [2.05, 4.69) is 10.3 Å². The maximum absolute atomic E-state index is 14.0. The SMILES string of the molecule is NS(=O)(=O)c1cc(NC(=O)c2cc(N3CCCC(F)(F)CC3)c3cc(F)c(F)cc3c2)ccn1. The number of hydrogen-bond acceptors (Lipinski definition) is 5. The first kappa shape index (κ1) is 23.9. The first-order valence-electron chi connectivity index (χ1n) is 10.3. The number of alkyl halides is 2. The second-order valence-corrected chi connectivity index (χ2v) is 9.57. The van der Waals surface area contributed by atoms with Gasteiger partial charge in [-0.25, -0.2) is 36.1 Å². The van der Waals surface area contributed by atoms with Crippen LogP contribution in [-0.4, -0.2) is 38.3 Å². The number of halogens is 4. The van der Waals surface area contributed by atoms with Crippen molar-refractivity contribution < 1.29 is 30.8 Å². The van der Waals surface area contributed by atoms with Crippen molar-refractivity contribution in [1.29, 1.82) is 0 Å². The van der Waals surface area contributed by atoms with Gasteiger partial charge in [0.15, 0.2) is 16.7 Å². The number of hydrogen-bond donors (Lipinski definition) is 2. The number of anilines is 2. The molecule has 1 saturated heterocycles. The third kappa shape index (κ3) is 5.12. The molecular formula is C22H20F4N4O3S. The average molecular weight is 496 g/mol. The number of rotatable bonds is 4. The van der Waals surface area contributed by atoms with Crippen LogP contribution in [0, 0.1) is 11.6 Å². The number of nitrogens with two attached hydrogens (primary N) is 1. The molecule has 0 bridgehead atoms. The number of aromatic nitrogens is 1. The highest BCUT2D eigenvalue weighted by molar-refractivity contribution is 7.89. The minimum atomic E-state index is -4.11. The lowest BCUT2D eigenvalue weighted by molar-refractivity contribution is -0.0102. The molecule has 3 aromatic rings. The number of sulfonamides is 1. The molecule has 0 unspecified atom stereocenters. The summed E-state index contributed by atoms with van der Waals surface area (Å²) in [4.78, 5) is 18.2. The molecule has 1 aromatic heterocycles. The Kier molecular flexibility index (Phi) is 6.21. The minimum Gasteiger partial charge on any atom is -0.371 e. The summed E-state index contributed by atoms with van der Waals surface area (Å²) in [6.45, 7) is 0.213. The Morgan fingerprint density at radius 1 is 1.06 bits per heavy atom. The van der Waals surface area contributed by atoms with E-state index in [9.17, 15) is 30.8 Å². The van der Waals surface area contributed by atoms with E-state index in [-0.39, 0.29) is 48.0 Å². The number of nitrogens with one attached hydrogen (secondary N) is 1. The van der Waals surface area contributed by atoms with Crippen LogP contribution in [-0.2, 0) is 10.0 Å². The summed E-state index contributed by atoms with van der Waals surface area (Å²) in [5.41, 5.74) is 0.447. The van der Waals surface area contributed by atoms with Gasteiger partial charge >= 0.3 is 0 Å². The van der Waals surface area contributed by atoms with Gasteiger partial charge in [-0.05, 0) is 42.1 Å². The molecule has 0 aliphatic carbocycles. The normalized spacial score (nSPS) is 16.3. The van der Waals surface area contributed by atoms with Crippen molar-refractivity contribution in [3.8, 4) is 0 Å². The summed E-state index contributed by atoms with van der Waals surface area (Å²) in [7, 11) is -4.11. The number of benzene rings is 2. The van der Waals surface area contributed by atoms with E-state index in [4.69, 9.17) is 5.14 Å². The maximum Gasteiger partial charge on any atom is 0.255 e. The largest absolute Gasteiger partial charge is 0.371 e. The molecule has 1 aliphatic heterocycles. The standard InChI is InChI=1S/C22H20F4N4O3S/c23-17-9-13-8-14(21(31)29-15-2-5-28-20(11-15)34(27,32)33)10-19(16(13)12-18(17)24)30-6-1-3-22(25,26)4-7-30/h2,5,8-12H,1,3-4,6-7H2,(H2,27,32,33)(H,28,29,31). The fourth-order valence-corrected chi connectivity index (χ4v) is 4.38. The van der Waals surface area contributed by atoms with Gasteiger partial charge in [0.05, 0.1) is 0 Å². The van der Waals surface area contributed by atoms with Crippen molar-refractivity contribution in [2.24, 2.45) is 5.14 Å². The van der Waals surface area contributed by atoms with Crippen LogP contribution in [0.25, 0.3) is 10.8 Å². The summed E-state index contributed by atoms with van der Waals surface area (Å²) >= 11 is 0. The molecule has 1 amide bonds. The summed E-state index contributed by atoms with van der Waals surface area (Å²) < 4.78 is 78.8. The number of carbonyl (C=O) groups is 1. The van der Waals surface area contributed by atoms with E-state index in [1.165, 1.54) is 18.2 Å². The Labute approximate surface area is 192 Å². The van der Waals surface area contributed by atoms with Gasteiger partial charge in [-0.2, -0.15) is 0 Å². The Balaban J connectivity index is 1.75. The van der Waals surface area contributed by atoms with Crippen molar-refractivity contribution in [2.75, 3.05) is 23.3 Å². The molecule has 34 heavy (non-hydrogen) atoms. The topological polar surface area (TPSA) is 105 Å². The van der Waals surface area contributed by atoms with Gasteiger partial charge in [0.1, 0.15) is 0 Å². The van der Waals surface area contributed by atoms with Gasteiger partial charge in [-0.15, -0.1) is 0 Å². The zero-order chi connectivity index (χ0) is 24.7. The van der Waals surface area contributed by atoms with E-state index in [0.717, 1.165) is 24.4 Å². The van der Waals surface area contributed by atoms with Crippen molar-refractivity contribution in [3.63, 3.8) is 0 Å². The van der Waals surface area contributed by atoms with Gasteiger partial charge in [-0.1, -0.05) is 0 Å². The molecule has 4 rings (SSSR count). The lowest BCUT2D eigenvalue weighted by Crippen LogP contribution is -2.26. The number of primary sulfonamides is 1. The highest BCUT2D eigenvalue weighted by Crippen LogP contribution is 2.35. The highest BCUT2D eigenvalue weighted by Gasteiger charge is 2.32. The van der Waals surface area contributed by atoms with Crippen LogP contribution in [0.3, 0.4) is 0 Å². The van der Waals surface area contributed by atoms with E-state index >= 15 is 0 Å². The molecule has 12 heteroatoms. The summed E-state index contributed by atoms with van der Waals surface area (Å²) in [5, 5.41) is 7.61. The first-order valence-corrected chi connectivity index (χ1v) is 11.8. The lowest BCUT2D eigenvalue weighted by Gasteiger charge is -2.25. The van der Waals surface area contributed by atoms with Crippen molar-refractivity contribution >= 4 is 38.1 Å². The Morgan fingerprint density at radius 3 is 2.53 bits per heavy atom. The Morgan fingerprint density at radius 2 is 1.79 bits per heavy atom. The van der Waals surface area contributed by atoms with Gasteiger partial charge in [-0.3, -0.25) is 4.79 Å². The number of amides is 1. The molecule has 0 saturated carbocycles. The molecule has 3 N–H and O–H groups in total. The molecule has 0 radical (unpaired) electrons. The van der Waals surface area contributed by atoms with Crippen LogP contribution in [0.15, 0.2) is 47.6 Å². The third-order valence-corrected chi connectivity index (χ3v) is 6.38. The molecular weight excluding hydrogens is 476 g/mol. The summed E-state index contributed by atoms with van der Waals surface area (Å²) in [5.74, 6) is -5.73. The fourth-order valence-electron chi connectivity index (χ4n) is 3.88. The molecule has 2 aromatic carbocycles. The number of pyridine rings is 1. The molecule has 0 spiro atoms. The second-order valence-electron chi connectivity index (χ2n) is 8.06. The minimum absolute atomic E-state index is 0.0335. The highest BCUT2D eigenvalue weighted by atomic mass is 32.2. The van der Waals surface area contributed by atoms with Crippen LogP contribution in [0.5, 0.6) is 0 Å². The van der Waals surface area contributed by atoms with Crippen molar-refractivity contribution in [2.45, 2.75) is 30.2 Å². The van der Waals surface area contributed by atoms with Gasteiger partial charge in [0, 0.05) is 60.5 Å². The van der Waals surface area contributed by atoms with Crippen molar-refractivity contribution in [1.82, 2.24) is 4.98 Å². The molecule has 1 fully saturated rings. The molecule has 0 atom stereocenters. The molecule has 180 valence electrons. The van der Waals surface area contributed by atoms with Crippen LogP contribution >= 0.6 is 0 Å². The molecule has 1 aliphatic rings. The van der Waals surface area contributed by atoms with Crippen LogP contribution in [0.1, 0.15) is 29.6 Å². The smallest absolute Gasteiger partial charge is 0.255 e. The van der Waals surface area contributed by atoms with Gasteiger partial charge in [0.2, 0.25) is 5.92 Å². The quantitative estimate of drug-likeness (QED) is 0.531. The van der Waals surface area contributed by atoms with Gasteiger partial charge < -0.3 is 10.2 Å². The van der Waals surface area contributed by atoms with E-state index < -0.39 is 44.9 Å². The zero-order valence-corrected chi connectivity index (χ0v) is 18.5. The number of carbonyl (C=O) groups excluding carboxylic acids is 1. The molecule has 2 heterocycles. The Bertz CT molecular complexity index is 1380. The van der Waals surface area contributed by atoms with Gasteiger partial charge in [0.25, 0.3) is 15.9 Å².